The number of carbonyl (C=O) groups excluding carboxylic acids is 2. The smallest absolute Gasteiger partial charge is 0.164 e. The Kier molecular flexibility index (Phi) is 9.45. The van der Waals surface area contributed by atoms with Crippen LogP contribution in [-0.2, 0) is 0 Å². The maximum absolute atomic E-state index is 13.2. The Morgan fingerprint density at radius 2 is 1.42 bits per heavy atom. The van der Waals surface area contributed by atoms with E-state index in [0.29, 0.717) is 25.4 Å². The first-order chi connectivity index (χ1) is 21.8. The van der Waals surface area contributed by atoms with Crippen LogP contribution >= 0.6 is 0 Å². The Morgan fingerprint density at radius 1 is 0.822 bits per heavy atom. The third kappa shape index (κ3) is 6.89. The molecule has 2 aliphatic rings. The Hall–Kier alpha value is -3.84. The van der Waals surface area contributed by atoms with Crippen LogP contribution in [0, 0.1) is 0 Å². The molecule has 0 aliphatic carbocycles. The molecule has 234 valence electrons. The van der Waals surface area contributed by atoms with Crippen LogP contribution in [0.25, 0.3) is 21.5 Å². The van der Waals surface area contributed by atoms with Gasteiger partial charge in [-0.1, -0.05) is 73.3 Å². The number of rotatable bonds is 12. The standard InChI is InChI=1S/C39H45N3O3/c1-27(40(2)3)37-9-6-18-41(37)19-16-38(44)34-15-13-30-21-32(12-11-31(30)23-34)35-24-36(26-43)42(25-35)20-17-39(45)33-14-10-28-7-4-5-8-29(28)22-33/h4-5,7-8,10-15,21-23,35-37,43H,1,6,9,16-20,24-26H2,2-3H3/t35?,36-,37+/m0/s1. The van der Waals surface area contributed by atoms with E-state index < -0.39 is 0 Å². The summed E-state index contributed by atoms with van der Waals surface area (Å²) in [6, 6.07) is 26.9. The highest BCUT2D eigenvalue weighted by Gasteiger charge is 2.33. The van der Waals surface area contributed by atoms with E-state index in [9.17, 15) is 14.7 Å². The van der Waals surface area contributed by atoms with Gasteiger partial charge in [-0.2, -0.15) is 0 Å². The lowest BCUT2D eigenvalue weighted by Crippen LogP contribution is -2.36. The van der Waals surface area contributed by atoms with Crippen LogP contribution in [0.2, 0.25) is 0 Å². The quantitative estimate of drug-likeness (QED) is 0.186. The zero-order chi connectivity index (χ0) is 31.5. The van der Waals surface area contributed by atoms with Crippen molar-refractivity contribution in [3.05, 3.63) is 108 Å². The zero-order valence-corrected chi connectivity index (χ0v) is 26.6. The van der Waals surface area contributed by atoms with E-state index in [-0.39, 0.29) is 30.1 Å². The lowest BCUT2D eigenvalue weighted by atomic mass is 9.93. The zero-order valence-electron chi connectivity index (χ0n) is 26.6. The van der Waals surface area contributed by atoms with Crippen molar-refractivity contribution < 1.29 is 14.7 Å². The van der Waals surface area contributed by atoms with E-state index in [1.54, 1.807) is 0 Å². The molecule has 2 saturated heterocycles. The highest BCUT2D eigenvalue weighted by molar-refractivity contribution is 6.01. The van der Waals surface area contributed by atoms with Gasteiger partial charge in [-0.3, -0.25) is 19.4 Å². The molecule has 0 radical (unpaired) electrons. The SMILES string of the molecule is C=C([C@H]1CCCN1CCC(=O)c1ccc2cc(C3C[C@@H](CO)N(CCC(=O)c4ccc5ccccc5c4)C3)ccc2c1)N(C)C. The van der Waals surface area contributed by atoms with Crippen molar-refractivity contribution in [3.63, 3.8) is 0 Å². The number of carbonyl (C=O) groups is 2. The minimum atomic E-state index is 0.0418. The molecule has 0 aromatic heterocycles. The maximum atomic E-state index is 13.2. The van der Waals surface area contributed by atoms with Crippen molar-refractivity contribution in [1.29, 1.82) is 0 Å². The van der Waals surface area contributed by atoms with Gasteiger partial charge in [-0.25, -0.2) is 0 Å². The molecule has 6 rings (SSSR count). The molecule has 2 aliphatic heterocycles. The second-order valence-electron chi connectivity index (χ2n) is 13.1. The largest absolute Gasteiger partial charge is 0.395 e. The fraction of sp³-hybridized carbons (Fsp3) is 0.385. The number of nitrogens with zero attached hydrogens (tertiary/aromatic N) is 3. The molecule has 0 spiro atoms. The van der Waals surface area contributed by atoms with E-state index in [2.05, 4.69) is 51.6 Å². The van der Waals surface area contributed by atoms with Crippen LogP contribution in [0.3, 0.4) is 0 Å². The maximum Gasteiger partial charge on any atom is 0.164 e. The third-order valence-corrected chi connectivity index (χ3v) is 10.0. The van der Waals surface area contributed by atoms with Gasteiger partial charge in [0.25, 0.3) is 0 Å². The fourth-order valence-electron chi connectivity index (χ4n) is 7.29. The number of ketones is 2. The second-order valence-corrected chi connectivity index (χ2v) is 13.1. The van der Waals surface area contributed by atoms with Crippen molar-refractivity contribution in [2.45, 2.75) is 50.1 Å². The molecule has 3 atom stereocenters. The highest BCUT2D eigenvalue weighted by Crippen LogP contribution is 2.34. The van der Waals surface area contributed by atoms with Gasteiger partial charge in [0.15, 0.2) is 11.6 Å². The summed E-state index contributed by atoms with van der Waals surface area (Å²) in [5.41, 5.74) is 3.87. The molecular weight excluding hydrogens is 558 g/mol. The monoisotopic (exact) mass is 603 g/mol. The molecule has 0 amide bonds. The number of hydrogen-bond acceptors (Lipinski definition) is 6. The van der Waals surface area contributed by atoms with Crippen molar-refractivity contribution >= 4 is 33.1 Å². The van der Waals surface area contributed by atoms with Gasteiger partial charge < -0.3 is 10.0 Å². The molecule has 4 aromatic rings. The minimum absolute atomic E-state index is 0.0418. The summed E-state index contributed by atoms with van der Waals surface area (Å²) in [5, 5.41) is 14.6. The second kappa shape index (κ2) is 13.7. The molecule has 45 heavy (non-hydrogen) atoms. The van der Waals surface area contributed by atoms with Crippen LogP contribution in [0.15, 0.2) is 91.1 Å². The molecule has 4 aromatic carbocycles. The number of hydrogen-bond donors (Lipinski definition) is 1. The van der Waals surface area contributed by atoms with Gasteiger partial charge >= 0.3 is 0 Å². The molecule has 0 bridgehead atoms. The van der Waals surface area contributed by atoms with E-state index in [1.165, 1.54) is 5.56 Å². The van der Waals surface area contributed by atoms with Gasteiger partial charge in [0.05, 0.1) is 6.61 Å². The summed E-state index contributed by atoms with van der Waals surface area (Å²) in [4.78, 5) is 33.0. The first-order valence-electron chi connectivity index (χ1n) is 16.3. The molecule has 6 heteroatoms. The number of likely N-dealkylation sites (tertiary alicyclic amines) is 2. The average Bonchev–Trinajstić information content (AvgIpc) is 3.72. The predicted molar refractivity (Wildman–Crippen MR) is 183 cm³/mol. The first kappa shape index (κ1) is 31.2. The van der Waals surface area contributed by atoms with Crippen LogP contribution < -0.4 is 0 Å². The highest BCUT2D eigenvalue weighted by atomic mass is 16.3. The Bertz CT molecular complexity index is 1710. The molecular formula is C39H45N3O3. The lowest BCUT2D eigenvalue weighted by molar-refractivity contribution is 0.0943. The van der Waals surface area contributed by atoms with Gasteiger partial charge in [0.2, 0.25) is 0 Å². The Labute approximate surface area is 266 Å². The van der Waals surface area contributed by atoms with E-state index in [0.717, 1.165) is 77.3 Å². The summed E-state index contributed by atoms with van der Waals surface area (Å²) >= 11 is 0. The summed E-state index contributed by atoms with van der Waals surface area (Å²) in [6.07, 6.45) is 4.04. The Morgan fingerprint density at radius 3 is 2.11 bits per heavy atom. The molecule has 1 unspecified atom stereocenters. The van der Waals surface area contributed by atoms with Crippen LogP contribution in [0.1, 0.15) is 64.3 Å². The van der Waals surface area contributed by atoms with E-state index in [4.69, 9.17) is 0 Å². The van der Waals surface area contributed by atoms with Crippen LogP contribution in [0.5, 0.6) is 0 Å². The summed E-state index contributed by atoms with van der Waals surface area (Å²) in [5.74, 6) is 0.600. The number of benzene rings is 4. The van der Waals surface area contributed by atoms with E-state index in [1.807, 2.05) is 62.6 Å². The van der Waals surface area contributed by atoms with Crippen LogP contribution in [0.4, 0.5) is 0 Å². The van der Waals surface area contributed by atoms with Crippen LogP contribution in [-0.4, -0.2) is 90.3 Å². The van der Waals surface area contributed by atoms with Crippen molar-refractivity contribution in [1.82, 2.24) is 14.7 Å². The summed E-state index contributed by atoms with van der Waals surface area (Å²) < 4.78 is 0. The van der Waals surface area contributed by atoms with Crippen molar-refractivity contribution in [3.8, 4) is 0 Å². The van der Waals surface area contributed by atoms with Gasteiger partial charge in [0, 0.05) is 75.5 Å². The molecule has 2 heterocycles. The predicted octanol–water partition coefficient (Wildman–Crippen LogP) is 6.53. The molecule has 1 N–H and O–H groups in total. The first-order valence-corrected chi connectivity index (χ1v) is 16.3. The third-order valence-electron chi connectivity index (χ3n) is 10.0. The summed E-state index contributed by atoms with van der Waals surface area (Å²) in [6.45, 7) is 7.56. The normalized spacial score (nSPS) is 20.6. The molecule has 0 saturated carbocycles. The minimum Gasteiger partial charge on any atom is -0.395 e. The number of likely N-dealkylation sites (N-methyl/N-ethyl adjacent to an activating group) is 1. The topological polar surface area (TPSA) is 64.1 Å². The van der Waals surface area contributed by atoms with Crippen molar-refractivity contribution in [2.75, 3.05) is 46.9 Å². The number of fused-ring (bicyclic) bond motifs is 2. The number of aliphatic hydroxyl groups excluding tert-OH is 1. The number of Topliss-reactive ketones (excluding diaryl/α,β-unsaturated/α-hetero) is 2. The Balaban J connectivity index is 1.06. The molecule has 6 nitrogen and oxygen atoms in total. The lowest BCUT2D eigenvalue weighted by Gasteiger charge is -2.29. The summed E-state index contributed by atoms with van der Waals surface area (Å²) in [7, 11) is 4.07. The van der Waals surface area contributed by atoms with Gasteiger partial charge in [-0.15, -0.1) is 0 Å². The fourth-order valence-corrected chi connectivity index (χ4v) is 7.29. The van der Waals surface area contributed by atoms with Gasteiger partial charge in [0.1, 0.15) is 0 Å². The molecule has 2 fully saturated rings. The average molecular weight is 604 g/mol. The van der Waals surface area contributed by atoms with Crippen molar-refractivity contribution in [2.24, 2.45) is 0 Å². The number of aliphatic hydroxyl groups is 1. The van der Waals surface area contributed by atoms with Gasteiger partial charge in [-0.05, 0) is 71.0 Å². The van der Waals surface area contributed by atoms with E-state index >= 15 is 0 Å².